The maximum atomic E-state index is 12.5. The molecule has 0 aliphatic carbocycles. The molecule has 2 aliphatic heterocycles. The van der Waals surface area contributed by atoms with Crippen LogP contribution in [0, 0.1) is 0 Å². The number of rotatable bonds is 4. The summed E-state index contributed by atoms with van der Waals surface area (Å²) in [6, 6.07) is 0. The van der Waals surface area contributed by atoms with Crippen LogP contribution in [0.5, 0.6) is 0 Å². The van der Waals surface area contributed by atoms with Crippen molar-refractivity contribution in [2.75, 3.05) is 39.4 Å². The topological polar surface area (TPSA) is 63.5 Å². The van der Waals surface area contributed by atoms with E-state index < -0.39 is 18.5 Å². The van der Waals surface area contributed by atoms with E-state index in [1.807, 2.05) is 11.6 Å². The van der Waals surface area contributed by atoms with Gasteiger partial charge in [0.2, 0.25) is 5.91 Å². The SMILES string of the molecule is Cn1c(CN2CCOCC2)nnc1C1CCCN(C(=O)CC(F)(F)F)C1. The van der Waals surface area contributed by atoms with E-state index in [1.54, 1.807) is 0 Å². The third kappa shape index (κ3) is 4.73. The van der Waals surface area contributed by atoms with Crippen LogP contribution in [0.2, 0.25) is 0 Å². The molecule has 1 aromatic heterocycles. The van der Waals surface area contributed by atoms with Gasteiger partial charge in [-0.25, -0.2) is 0 Å². The number of hydrogen-bond acceptors (Lipinski definition) is 5. The van der Waals surface area contributed by atoms with E-state index in [9.17, 15) is 18.0 Å². The van der Waals surface area contributed by atoms with Gasteiger partial charge in [-0.3, -0.25) is 9.69 Å². The lowest BCUT2D eigenvalue weighted by Gasteiger charge is -2.32. The molecule has 3 heterocycles. The van der Waals surface area contributed by atoms with E-state index >= 15 is 0 Å². The summed E-state index contributed by atoms with van der Waals surface area (Å²) in [5.41, 5.74) is 0. The lowest BCUT2D eigenvalue weighted by Crippen LogP contribution is -2.41. The summed E-state index contributed by atoms with van der Waals surface area (Å²) in [6.45, 7) is 4.36. The first-order chi connectivity index (χ1) is 12.3. The molecule has 1 unspecified atom stereocenters. The van der Waals surface area contributed by atoms with Gasteiger partial charge in [-0.15, -0.1) is 10.2 Å². The average Bonchev–Trinajstić information content (AvgIpc) is 2.95. The van der Waals surface area contributed by atoms with Crippen LogP contribution in [0.1, 0.15) is 36.8 Å². The highest BCUT2D eigenvalue weighted by molar-refractivity contribution is 5.77. The molecule has 0 aromatic carbocycles. The van der Waals surface area contributed by atoms with Gasteiger partial charge in [0.05, 0.1) is 19.8 Å². The second kappa shape index (κ2) is 7.91. The fourth-order valence-electron chi connectivity index (χ4n) is 3.53. The van der Waals surface area contributed by atoms with Gasteiger partial charge in [-0.1, -0.05) is 0 Å². The van der Waals surface area contributed by atoms with E-state index in [4.69, 9.17) is 4.74 Å². The van der Waals surface area contributed by atoms with Crippen molar-refractivity contribution in [3.05, 3.63) is 11.6 Å². The molecule has 0 bridgehead atoms. The first-order valence-electron chi connectivity index (χ1n) is 8.86. The van der Waals surface area contributed by atoms with Gasteiger partial charge < -0.3 is 14.2 Å². The zero-order chi connectivity index (χ0) is 18.7. The second-order valence-corrected chi connectivity index (χ2v) is 6.89. The number of amides is 1. The summed E-state index contributed by atoms with van der Waals surface area (Å²) in [5, 5.41) is 8.53. The van der Waals surface area contributed by atoms with Gasteiger partial charge in [0.25, 0.3) is 0 Å². The molecule has 26 heavy (non-hydrogen) atoms. The van der Waals surface area contributed by atoms with Crippen LogP contribution in [0.15, 0.2) is 0 Å². The summed E-state index contributed by atoms with van der Waals surface area (Å²) in [7, 11) is 1.88. The smallest absolute Gasteiger partial charge is 0.379 e. The predicted octanol–water partition coefficient (Wildman–Crippen LogP) is 1.31. The summed E-state index contributed by atoms with van der Waals surface area (Å²) in [6.07, 6.45) is -4.42. The molecular formula is C16H24F3N5O2. The fraction of sp³-hybridized carbons (Fsp3) is 0.812. The lowest BCUT2D eigenvalue weighted by atomic mass is 9.97. The largest absolute Gasteiger partial charge is 0.397 e. The molecule has 0 radical (unpaired) electrons. The lowest BCUT2D eigenvalue weighted by molar-refractivity contribution is -0.162. The molecule has 1 amide bonds. The van der Waals surface area contributed by atoms with Crippen LogP contribution in [-0.2, 0) is 23.1 Å². The zero-order valence-corrected chi connectivity index (χ0v) is 14.8. The Morgan fingerprint density at radius 1 is 1.23 bits per heavy atom. The fourth-order valence-corrected chi connectivity index (χ4v) is 3.53. The van der Waals surface area contributed by atoms with Crippen molar-refractivity contribution in [3.8, 4) is 0 Å². The van der Waals surface area contributed by atoms with Gasteiger partial charge in [-0.05, 0) is 12.8 Å². The van der Waals surface area contributed by atoms with Crippen molar-refractivity contribution in [1.82, 2.24) is 24.6 Å². The molecule has 0 spiro atoms. The summed E-state index contributed by atoms with van der Waals surface area (Å²) in [4.78, 5) is 15.4. The van der Waals surface area contributed by atoms with Gasteiger partial charge in [0.1, 0.15) is 18.1 Å². The number of alkyl halides is 3. The van der Waals surface area contributed by atoms with Crippen molar-refractivity contribution in [3.63, 3.8) is 0 Å². The van der Waals surface area contributed by atoms with Crippen LogP contribution in [-0.4, -0.2) is 76.0 Å². The van der Waals surface area contributed by atoms with E-state index in [0.717, 1.165) is 31.2 Å². The van der Waals surface area contributed by atoms with Crippen molar-refractivity contribution in [2.45, 2.75) is 37.9 Å². The van der Waals surface area contributed by atoms with Gasteiger partial charge >= 0.3 is 6.18 Å². The van der Waals surface area contributed by atoms with Crippen molar-refractivity contribution in [1.29, 1.82) is 0 Å². The molecule has 2 aliphatic rings. The third-order valence-corrected chi connectivity index (χ3v) is 4.96. The number of halogens is 3. The molecule has 0 N–H and O–H groups in total. The minimum atomic E-state index is -4.47. The van der Waals surface area contributed by atoms with Gasteiger partial charge in [-0.2, -0.15) is 13.2 Å². The molecule has 0 saturated carbocycles. The highest BCUT2D eigenvalue weighted by atomic mass is 19.4. The highest BCUT2D eigenvalue weighted by Gasteiger charge is 2.36. The maximum Gasteiger partial charge on any atom is 0.397 e. The number of piperidine rings is 1. The Labute approximate surface area is 150 Å². The Morgan fingerprint density at radius 3 is 2.65 bits per heavy atom. The average molecular weight is 375 g/mol. The maximum absolute atomic E-state index is 12.5. The number of hydrogen-bond donors (Lipinski definition) is 0. The Balaban J connectivity index is 1.64. The van der Waals surface area contributed by atoms with Crippen LogP contribution < -0.4 is 0 Å². The van der Waals surface area contributed by atoms with Crippen LogP contribution >= 0.6 is 0 Å². The highest BCUT2D eigenvalue weighted by Crippen LogP contribution is 2.28. The Morgan fingerprint density at radius 2 is 1.96 bits per heavy atom. The zero-order valence-electron chi connectivity index (χ0n) is 14.8. The second-order valence-electron chi connectivity index (χ2n) is 6.89. The minimum Gasteiger partial charge on any atom is -0.379 e. The number of morpholine rings is 1. The predicted molar refractivity (Wildman–Crippen MR) is 86.3 cm³/mol. The van der Waals surface area contributed by atoms with E-state index in [1.165, 1.54) is 4.90 Å². The molecular weight excluding hydrogens is 351 g/mol. The number of carbonyl (C=O) groups is 1. The monoisotopic (exact) mass is 375 g/mol. The number of likely N-dealkylation sites (tertiary alicyclic amines) is 1. The van der Waals surface area contributed by atoms with Crippen LogP contribution in [0.25, 0.3) is 0 Å². The van der Waals surface area contributed by atoms with Crippen LogP contribution in [0.3, 0.4) is 0 Å². The van der Waals surface area contributed by atoms with Crippen molar-refractivity contribution in [2.24, 2.45) is 7.05 Å². The molecule has 7 nitrogen and oxygen atoms in total. The van der Waals surface area contributed by atoms with E-state index in [2.05, 4.69) is 15.1 Å². The molecule has 3 rings (SSSR count). The Bertz CT molecular complexity index is 628. The van der Waals surface area contributed by atoms with Crippen molar-refractivity contribution < 1.29 is 22.7 Å². The summed E-state index contributed by atoms with van der Waals surface area (Å²) in [5.74, 6) is 0.605. The molecule has 146 valence electrons. The first kappa shape index (κ1) is 19.1. The molecule has 2 fully saturated rings. The van der Waals surface area contributed by atoms with E-state index in [0.29, 0.717) is 32.7 Å². The Kier molecular flexibility index (Phi) is 5.81. The van der Waals surface area contributed by atoms with E-state index in [-0.39, 0.29) is 12.5 Å². The third-order valence-electron chi connectivity index (χ3n) is 4.96. The van der Waals surface area contributed by atoms with Gasteiger partial charge in [0, 0.05) is 39.1 Å². The Hall–Kier alpha value is -1.68. The molecule has 1 aromatic rings. The van der Waals surface area contributed by atoms with Crippen LogP contribution in [0.4, 0.5) is 13.2 Å². The van der Waals surface area contributed by atoms with Crippen molar-refractivity contribution >= 4 is 5.91 Å². The normalized spacial score (nSPS) is 22.6. The molecule has 1 atom stereocenters. The molecule has 10 heteroatoms. The summed E-state index contributed by atoms with van der Waals surface area (Å²) >= 11 is 0. The first-order valence-corrected chi connectivity index (χ1v) is 8.86. The quantitative estimate of drug-likeness (QED) is 0.794. The number of aromatic nitrogens is 3. The molecule has 2 saturated heterocycles. The standard InChI is InChI=1S/C16H24F3N5O2/c1-22-13(11-23-5-7-26-8-6-23)20-21-15(22)12-3-2-4-24(10-12)14(25)9-16(17,18)19/h12H,2-11H2,1H3. The number of ether oxygens (including phenoxy) is 1. The minimum absolute atomic E-state index is 0.0862. The number of nitrogens with zero attached hydrogens (tertiary/aromatic N) is 5. The summed E-state index contributed by atoms with van der Waals surface area (Å²) < 4.78 is 44.7. The number of carbonyl (C=O) groups excluding carboxylic acids is 1. The van der Waals surface area contributed by atoms with Gasteiger partial charge in [0.15, 0.2) is 0 Å².